The van der Waals surface area contributed by atoms with Gasteiger partial charge in [-0.25, -0.2) is 13.8 Å². The number of fused-ring (bicyclic) bond motifs is 1. The summed E-state index contributed by atoms with van der Waals surface area (Å²) in [5.74, 6) is 0. The molecule has 5 heteroatoms. The summed E-state index contributed by atoms with van der Waals surface area (Å²) < 4.78 is 26.6. The lowest BCUT2D eigenvalue weighted by atomic mass is 10.1. The van der Waals surface area contributed by atoms with Crippen LogP contribution in [0.5, 0.6) is 0 Å². The van der Waals surface area contributed by atoms with Gasteiger partial charge >= 0.3 is 0 Å². The first kappa shape index (κ1) is 14.2. The molecule has 0 aliphatic rings. The zero-order chi connectivity index (χ0) is 14.0. The molecule has 1 N–H and O–H groups in total. The Labute approximate surface area is 119 Å². The molecule has 1 heterocycles. The lowest BCUT2D eigenvalue weighted by molar-refractivity contribution is 0.146. The van der Waals surface area contributed by atoms with E-state index in [0.717, 1.165) is 34.1 Å². The normalized spacial score (nSPS) is 11.3. The van der Waals surface area contributed by atoms with Gasteiger partial charge in [0, 0.05) is 22.1 Å². The van der Waals surface area contributed by atoms with Gasteiger partial charge in [-0.1, -0.05) is 13.0 Å². The van der Waals surface area contributed by atoms with Crippen LogP contribution in [0.1, 0.15) is 31.0 Å². The number of aromatic nitrogens is 1. The summed E-state index contributed by atoms with van der Waals surface area (Å²) in [7, 11) is 0. The summed E-state index contributed by atoms with van der Waals surface area (Å²) in [4.78, 5) is 4.07. The quantitative estimate of drug-likeness (QED) is 0.847. The number of pyridine rings is 1. The number of anilines is 1. The topological polar surface area (TPSA) is 24.9 Å². The Hall–Kier alpha value is -1.23. The van der Waals surface area contributed by atoms with Gasteiger partial charge in [0.15, 0.2) is 0 Å². The summed E-state index contributed by atoms with van der Waals surface area (Å²) in [6, 6.07) is 5.24. The predicted molar refractivity (Wildman–Crippen MR) is 77.9 cm³/mol. The maximum absolute atomic E-state index is 12.9. The maximum Gasteiger partial charge on any atom is 0.280 e. The summed E-state index contributed by atoms with van der Waals surface area (Å²) in [6.07, 6.45) is -1.64. The fourth-order valence-electron chi connectivity index (χ4n) is 2.01. The lowest BCUT2D eigenvalue weighted by Gasteiger charge is -2.14. The van der Waals surface area contributed by atoms with Crippen molar-refractivity contribution in [2.45, 2.75) is 26.7 Å². The van der Waals surface area contributed by atoms with Crippen LogP contribution in [-0.4, -0.2) is 11.5 Å². The molecule has 0 saturated heterocycles. The first-order valence-electron chi connectivity index (χ1n) is 6.16. The highest BCUT2D eigenvalue weighted by molar-refractivity contribution is 9.10. The van der Waals surface area contributed by atoms with Crippen LogP contribution < -0.4 is 5.32 Å². The Morgan fingerprint density at radius 3 is 2.74 bits per heavy atom. The number of aryl methyl sites for hydroxylation is 1. The first-order valence-corrected chi connectivity index (χ1v) is 6.95. The molecule has 0 radical (unpaired) electrons. The van der Waals surface area contributed by atoms with Crippen LogP contribution in [0.3, 0.4) is 0 Å². The van der Waals surface area contributed by atoms with Gasteiger partial charge in [0.1, 0.15) is 5.69 Å². The van der Waals surface area contributed by atoms with Crippen LogP contribution >= 0.6 is 15.9 Å². The number of rotatable bonds is 4. The Bertz CT molecular complexity index is 600. The van der Waals surface area contributed by atoms with E-state index in [0.29, 0.717) is 5.52 Å². The third kappa shape index (κ3) is 2.86. The van der Waals surface area contributed by atoms with Crippen LogP contribution in [0.25, 0.3) is 10.9 Å². The molecule has 0 bridgehead atoms. The third-order valence-corrected chi connectivity index (χ3v) is 3.57. The number of hydrogen-bond donors (Lipinski definition) is 1. The zero-order valence-corrected chi connectivity index (χ0v) is 12.4. The molecule has 2 rings (SSSR count). The largest absolute Gasteiger partial charge is 0.384 e. The molecule has 2 aromatic rings. The minimum atomic E-state index is -2.57. The van der Waals surface area contributed by atoms with Gasteiger partial charge in [-0.15, -0.1) is 0 Å². The number of hydrogen-bond acceptors (Lipinski definition) is 2. The van der Waals surface area contributed by atoms with Crippen molar-refractivity contribution in [3.05, 3.63) is 33.9 Å². The molecular formula is C14H15BrF2N2. The molecule has 0 spiro atoms. The molecule has 0 aliphatic carbocycles. The van der Waals surface area contributed by atoms with Crippen molar-refractivity contribution in [1.29, 1.82) is 0 Å². The minimum Gasteiger partial charge on any atom is -0.384 e. The predicted octanol–water partition coefficient (Wildman–Crippen LogP) is 5.07. The van der Waals surface area contributed by atoms with Gasteiger partial charge in [-0.05, 0) is 47.0 Å². The van der Waals surface area contributed by atoms with Gasteiger partial charge in [-0.3, -0.25) is 0 Å². The van der Waals surface area contributed by atoms with Crippen molar-refractivity contribution in [3.8, 4) is 0 Å². The van der Waals surface area contributed by atoms with Gasteiger partial charge in [0.2, 0.25) is 0 Å². The van der Waals surface area contributed by atoms with Crippen LogP contribution in [0.15, 0.2) is 22.7 Å². The molecule has 0 aliphatic heterocycles. The van der Waals surface area contributed by atoms with Crippen LogP contribution in [0.2, 0.25) is 0 Å². The Kier molecular flexibility index (Phi) is 4.34. The van der Waals surface area contributed by atoms with Crippen LogP contribution in [0.4, 0.5) is 14.5 Å². The van der Waals surface area contributed by atoms with Gasteiger partial charge < -0.3 is 5.32 Å². The van der Waals surface area contributed by atoms with E-state index in [-0.39, 0.29) is 5.69 Å². The van der Waals surface area contributed by atoms with E-state index < -0.39 is 6.43 Å². The van der Waals surface area contributed by atoms with Crippen LogP contribution in [-0.2, 0) is 0 Å². The molecule has 0 fully saturated rings. The van der Waals surface area contributed by atoms with E-state index in [1.165, 1.54) is 6.07 Å². The average molecular weight is 329 g/mol. The second-order valence-electron chi connectivity index (χ2n) is 4.41. The van der Waals surface area contributed by atoms with Gasteiger partial charge in [-0.2, -0.15) is 0 Å². The van der Waals surface area contributed by atoms with Crippen molar-refractivity contribution >= 4 is 32.5 Å². The van der Waals surface area contributed by atoms with Gasteiger partial charge in [0.05, 0.1) is 5.52 Å². The number of alkyl halides is 2. The lowest BCUT2D eigenvalue weighted by Crippen LogP contribution is -2.04. The molecule has 19 heavy (non-hydrogen) atoms. The van der Waals surface area contributed by atoms with Crippen LogP contribution in [0, 0.1) is 6.92 Å². The summed E-state index contributed by atoms with van der Waals surface area (Å²) in [5.41, 5.74) is 2.12. The molecular weight excluding hydrogens is 314 g/mol. The van der Waals surface area contributed by atoms with Gasteiger partial charge in [0.25, 0.3) is 6.43 Å². The third-order valence-electron chi connectivity index (χ3n) is 2.93. The van der Waals surface area contributed by atoms with E-state index in [2.05, 4.69) is 26.2 Å². The first-order chi connectivity index (χ1) is 9.04. The average Bonchev–Trinajstić information content (AvgIpc) is 2.39. The van der Waals surface area contributed by atoms with E-state index in [1.54, 1.807) is 0 Å². The monoisotopic (exact) mass is 328 g/mol. The highest BCUT2D eigenvalue weighted by Gasteiger charge is 2.15. The van der Waals surface area contributed by atoms with E-state index in [1.807, 2.05) is 26.0 Å². The molecule has 2 nitrogen and oxygen atoms in total. The van der Waals surface area contributed by atoms with Crippen molar-refractivity contribution in [2.75, 3.05) is 11.9 Å². The van der Waals surface area contributed by atoms with Crippen molar-refractivity contribution in [3.63, 3.8) is 0 Å². The SMILES string of the molecule is CCCNc1cc(C(F)F)nc2c(Br)ccc(C)c12. The Balaban J connectivity index is 2.70. The summed E-state index contributed by atoms with van der Waals surface area (Å²) >= 11 is 3.38. The number of nitrogens with zero attached hydrogens (tertiary/aromatic N) is 1. The molecule has 0 saturated carbocycles. The van der Waals surface area contributed by atoms with E-state index in [4.69, 9.17) is 0 Å². The van der Waals surface area contributed by atoms with E-state index in [9.17, 15) is 8.78 Å². The second kappa shape index (κ2) is 5.82. The fraction of sp³-hybridized carbons (Fsp3) is 0.357. The zero-order valence-electron chi connectivity index (χ0n) is 10.8. The highest BCUT2D eigenvalue weighted by atomic mass is 79.9. The minimum absolute atomic E-state index is 0.197. The number of nitrogens with one attached hydrogen (secondary N) is 1. The fourth-order valence-corrected chi connectivity index (χ4v) is 2.43. The number of halogens is 3. The summed E-state index contributed by atoms with van der Waals surface area (Å²) in [5, 5.41) is 4.10. The summed E-state index contributed by atoms with van der Waals surface area (Å²) in [6.45, 7) is 4.73. The molecule has 0 atom stereocenters. The van der Waals surface area contributed by atoms with E-state index >= 15 is 0 Å². The standard InChI is InChI=1S/C14H15BrF2N2/c1-3-6-18-10-7-11(14(16)17)19-13-9(15)5-4-8(2)12(10)13/h4-5,7,14H,3,6H2,1-2H3,(H,18,19). The maximum atomic E-state index is 12.9. The Morgan fingerprint density at radius 2 is 2.11 bits per heavy atom. The second-order valence-corrected chi connectivity index (χ2v) is 5.26. The van der Waals surface area contributed by atoms with Crippen molar-refractivity contribution in [2.24, 2.45) is 0 Å². The number of benzene rings is 1. The highest BCUT2D eigenvalue weighted by Crippen LogP contribution is 2.33. The molecule has 0 amide bonds. The molecule has 0 unspecified atom stereocenters. The Morgan fingerprint density at radius 1 is 1.37 bits per heavy atom. The molecule has 1 aromatic heterocycles. The molecule has 1 aromatic carbocycles. The van der Waals surface area contributed by atoms with Crippen molar-refractivity contribution < 1.29 is 8.78 Å². The molecule has 102 valence electrons. The smallest absolute Gasteiger partial charge is 0.280 e. The van der Waals surface area contributed by atoms with Crippen molar-refractivity contribution in [1.82, 2.24) is 4.98 Å².